The Balaban J connectivity index is 3.48. The van der Waals surface area contributed by atoms with Gasteiger partial charge in [0.1, 0.15) is 9.84 Å². The van der Waals surface area contributed by atoms with E-state index in [-0.39, 0.29) is 5.75 Å². The van der Waals surface area contributed by atoms with Crippen molar-refractivity contribution in [1.29, 1.82) is 0 Å². The minimum absolute atomic E-state index is 0.260. The van der Waals surface area contributed by atoms with Gasteiger partial charge in [-0.3, -0.25) is 0 Å². The summed E-state index contributed by atoms with van der Waals surface area (Å²) in [4.78, 5) is 2.09. The molecule has 0 heterocycles. The van der Waals surface area contributed by atoms with Gasteiger partial charge in [0.15, 0.2) is 0 Å². The highest BCUT2D eigenvalue weighted by Crippen LogP contribution is 2.01. The van der Waals surface area contributed by atoms with Crippen LogP contribution in [0.3, 0.4) is 0 Å². The molecule has 0 amide bonds. The SMILES string of the molecule is CNC(C)CCCCN(C)CCS(C)(=O)=O. The van der Waals surface area contributed by atoms with Gasteiger partial charge in [-0.15, -0.1) is 0 Å². The molecule has 0 fully saturated rings. The van der Waals surface area contributed by atoms with Gasteiger partial charge in [0.2, 0.25) is 0 Å². The number of nitrogens with zero attached hydrogens (tertiary/aromatic N) is 1. The highest BCUT2D eigenvalue weighted by Gasteiger charge is 2.05. The molecule has 0 aliphatic rings. The van der Waals surface area contributed by atoms with Gasteiger partial charge < -0.3 is 10.2 Å². The zero-order chi connectivity index (χ0) is 12.6. The first-order chi connectivity index (χ1) is 7.35. The lowest BCUT2D eigenvalue weighted by Gasteiger charge is -2.16. The summed E-state index contributed by atoms with van der Waals surface area (Å²) in [7, 11) is 1.14. The van der Waals surface area contributed by atoms with Crippen LogP contribution in [0.5, 0.6) is 0 Å². The van der Waals surface area contributed by atoms with Gasteiger partial charge in [-0.05, 0) is 40.4 Å². The molecular weight excluding hydrogens is 224 g/mol. The minimum Gasteiger partial charge on any atom is -0.317 e. The maximum atomic E-state index is 11.0. The molecule has 0 aliphatic heterocycles. The second-order valence-electron chi connectivity index (χ2n) is 4.62. The van der Waals surface area contributed by atoms with Crippen LogP contribution in [0.25, 0.3) is 0 Å². The average Bonchev–Trinajstić information content (AvgIpc) is 2.20. The Bertz CT molecular complexity index is 265. The Morgan fingerprint density at radius 2 is 1.88 bits per heavy atom. The Morgan fingerprint density at radius 3 is 2.38 bits per heavy atom. The Labute approximate surface area is 100 Å². The van der Waals surface area contributed by atoms with Crippen molar-refractivity contribution in [2.75, 3.05) is 39.2 Å². The lowest BCUT2D eigenvalue weighted by atomic mass is 10.1. The Kier molecular flexibility index (Phi) is 7.97. The van der Waals surface area contributed by atoms with Crippen LogP contribution in [-0.2, 0) is 9.84 Å². The van der Waals surface area contributed by atoms with Crippen LogP contribution < -0.4 is 5.32 Å². The fourth-order valence-electron chi connectivity index (χ4n) is 1.41. The number of hydrogen-bond donors (Lipinski definition) is 1. The summed E-state index contributed by atoms with van der Waals surface area (Å²) in [5.41, 5.74) is 0. The zero-order valence-corrected chi connectivity index (χ0v) is 11.8. The second-order valence-corrected chi connectivity index (χ2v) is 6.88. The summed E-state index contributed by atoms with van der Waals surface area (Å²) in [5.74, 6) is 0.260. The van der Waals surface area contributed by atoms with E-state index in [0.29, 0.717) is 12.6 Å². The van der Waals surface area contributed by atoms with Crippen LogP contribution >= 0.6 is 0 Å². The maximum absolute atomic E-state index is 11.0. The topological polar surface area (TPSA) is 49.4 Å². The van der Waals surface area contributed by atoms with E-state index < -0.39 is 9.84 Å². The van der Waals surface area contributed by atoms with E-state index in [1.54, 1.807) is 0 Å². The summed E-state index contributed by atoms with van der Waals surface area (Å²) < 4.78 is 21.9. The highest BCUT2D eigenvalue weighted by molar-refractivity contribution is 7.90. The van der Waals surface area contributed by atoms with E-state index in [4.69, 9.17) is 0 Å². The first kappa shape index (κ1) is 15.9. The molecule has 1 unspecified atom stereocenters. The van der Waals surface area contributed by atoms with Crippen LogP contribution in [0.1, 0.15) is 26.2 Å². The summed E-state index contributed by atoms with van der Waals surface area (Å²) in [5, 5.41) is 3.21. The van der Waals surface area contributed by atoms with Crippen LogP contribution in [0, 0.1) is 0 Å². The third-order valence-electron chi connectivity index (χ3n) is 2.76. The first-order valence-electron chi connectivity index (χ1n) is 5.88. The highest BCUT2D eigenvalue weighted by atomic mass is 32.2. The molecule has 0 rings (SSSR count). The van der Waals surface area contributed by atoms with Gasteiger partial charge in [0.25, 0.3) is 0 Å². The summed E-state index contributed by atoms with van der Waals surface area (Å²) in [6, 6.07) is 0.571. The van der Waals surface area contributed by atoms with Crippen molar-refractivity contribution in [3.63, 3.8) is 0 Å². The summed E-state index contributed by atoms with van der Waals surface area (Å²) in [6.45, 7) is 3.79. The smallest absolute Gasteiger partial charge is 0.148 e. The molecule has 0 saturated carbocycles. The standard InChI is InChI=1S/C11H26N2O2S/c1-11(12-2)7-5-6-8-13(3)9-10-16(4,14)15/h11-12H,5-10H2,1-4H3. The van der Waals surface area contributed by atoms with Crippen molar-refractivity contribution in [3.05, 3.63) is 0 Å². The predicted molar refractivity (Wildman–Crippen MR) is 69.6 cm³/mol. The van der Waals surface area contributed by atoms with E-state index in [9.17, 15) is 8.42 Å². The Morgan fingerprint density at radius 1 is 1.25 bits per heavy atom. The molecular formula is C11H26N2O2S. The normalized spacial score (nSPS) is 14.3. The third-order valence-corrected chi connectivity index (χ3v) is 3.69. The molecule has 16 heavy (non-hydrogen) atoms. The van der Waals surface area contributed by atoms with Crippen molar-refractivity contribution >= 4 is 9.84 Å². The summed E-state index contributed by atoms with van der Waals surface area (Å²) >= 11 is 0. The lowest BCUT2D eigenvalue weighted by molar-refractivity contribution is 0.338. The fourth-order valence-corrected chi connectivity index (χ4v) is 2.05. The van der Waals surface area contributed by atoms with Crippen LogP contribution in [0.15, 0.2) is 0 Å². The molecule has 0 aromatic heterocycles. The first-order valence-corrected chi connectivity index (χ1v) is 7.94. The number of unbranched alkanes of at least 4 members (excludes halogenated alkanes) is 1. The van der Waals surface area contributed by atoms with Crippen molar-refractivity contribution in [3.8, 4) is 0 Å². The van der Waals surface area contributed by atoms with Crippen LogP contribution in [0.2, 0.25) is 0 Å². The molecule has 0 aromatic carbocycles. The van der Waals surface area contributed by atoms with Crippen molar-refractivity contribution in [2.45, 2.75) is 32.2 Å². The molecule has 0 bridgehead atoms. The molecule has 4 nitrogen and oxygen atoms in total. The maximum Gasteiger partial charge on any atom is 0.148 e. The summed E-state index contributed by atoms with van der Waals surface area (Å²) in [6.07, 6.45) is 4.78. The minimum atomic E-state index is -2.82. The van der Waals surface area contributed by atoms with Gasteiger partial charge in [-0.1, -0.05) is 6.42 Å². The monoisotopic (exact) mass is 250 g/mol. The van der Waals surface area contributed by atoms with Crippen molar-refractivity contribution in [1.82, 2.24) is 10.2 Å². The van der Waals surface area contributed by atoms with Crippen LogP contribution in [-0.4, -0.2) is 58.6 Å². The van der Waals surface area contributed by atoms with Gasteiger partial charge in [-0.25, -0.2) is 8.42 Å². The molecule has 1 N–H and O–H groups in total. The molecule has 0 aromatic rings. The van der Waals surface area contributed by atoms with Crippen molar-refractivity contribution in [2.24, 2.45) is 0 Å². The number of nitrogens with one attached hydrogen (secondary N) is 1. The van der Waals surface area contributed by atoms with E-state index >= 15 is 0 Å². The number of hydrogen-bond acceptors (Lipinski definition) is 4. The van der Waals surface area contributed by atoms with Crippen LogP contribution in [0.4, 0.5) is 0 Å². The second kappa shape index (κ2) is 8.03. The predicted octanol–water partition coefficient (Wildman–Crippen LogP) is 0.741. The van der Waals surface area contributed by atoms with E-state index in [1.807, 2.05) is 14.1 Å². The quantitative estimate of drug-likeness (QED) is 0.613. The van der Waals surface area contributed by atoms with Gasteiger partial charge in [0.05, 0.1) is 5.75 Å². The van der Waals surface area contributed by atoms with Gasteiger partial charge >= 0.3 is 0 Å². The molecule has 0 aliphatic carbocycles. The average molecular weight is 250 g/mol. The van der Waals surface area contributed by atoms with E-state index in [0.717, 1.165) is 13.0 Å². The molecule has 1 atom stereocenters. The van der Waals surface area contributed by atoms with Gasteiger partial charge in [-0.2, -0.15) is 0 Å². The molecule has 5 heteroatoms. The Hall–Kier alpha value is -0.130. The van der Waals surface area contributed by atoms with E-state index in [1.165, 1.54) is 19.1 Å². The van der Waals surface area contributed by atoms with Gasteiger partial charge in [0, 0.05) is 18.8 Å². The third kappa shape index (κ3) is 10.4. The fraction of sp³-hybridized carbons (Fsp3) is 1.00. The molecule has 0 spiro atoms. The van der Waals surface area contributed by atoms with Crippen molar-refractivity contribution < 1.29 is 8.42 Å². The lowest BCUT2D eigenvalue weighted by Crippen LogP contribution is -2.26. The molecule has 0 saturated heterocycles. The molecule has 98 valence electrons. The largest absolute Gasteiger partial charge is 0.317 e. The number of sulfone groups is 1. The number of rotatable bonds is 9. The van der Waals surface area contributed by atoms with E-state index in [2.05, 4.69) is 17.1 Å². The zero-order valence-electron chi connectivity index (χ0n) is 11.0. The molecule has 0 radical (unpaired) electrons.